The van der Waals surface area contributed by atoms with Crippen molar-refractivity contribution in [2.45, 2.75) is 19.3 Å². The van der Waals surface area contributed by atoms with Crippen molar-refractivity contribution < 1.29 is 17.9 Å². The zero-order chi connectivity index (χ0) is 19.4. The van der Waals surface area contributed by atoms with Crippen LogP contribution < -0.4 is 10.3 Å². The Labute approximate surface area is 153 Å². The molecule has 1 aromatic heterocycles. The van der Waals surface area contributed by atoms with Gasteiger partial charge in [-0.15, -0.1) is 0 Å². The minimum absolute atomic E-state index is 0.166. The van der Waals surface area contributed by atoms with Crippen LogP contribution in [0, 0.1) is 0 Å². The highest BCUT2D eigenvalue weighted by atomic mass is 19.4. The third kappa shape index (κ3) is 5.30. The topological polar surface area (TPSA) is 58.2 Å². The fourth-order valence-corrected chi connectivity index (χ4v) is 2.69. The summed E-state index contributed by atoms with van der Waals surface area (Å²) in [6.45, 7) is -0.351. The summed E-state index contributed by atoms with van der Waals surface area (Å²) in [5.41, 5.74) is 1.35. The number of alkyl halides is 3. The quantitative estimate of drug-likeness (QED) is 0.714. The van der Waals surface area contributed by atoms with E-state index in [0.29, 0.717) is 29.8 Å². The molecule has 0 spiro atoms. The Morgan fingerprint density at radius 1 is 1.07 bits per heavy atom. The van der Waals surface area contributed by atoms with E-state index in [1.54, 1.807) is 30.3 Å². The van der Waals surface area contributed by atoms with E-state index in [1.165, 1.54) is 12.1 Å². The molecule has 3 aromatic rings. The van der Waals surface area contributed by atoms with E-state index in [-0.39, 0.29) is 11.3 Å². The van der Waals surface area contributed by atoms with Gasteiger partial charge in [-0.25, -0.2) is 4.98 Å². The molecular weight excluding hydrogens is 359 g/mol. The maximum Gasteiger partial charge on any atom is 0.422 e. The number of halogens is 3. The van der Waals surface area contributed by atoms with Crippen LogP contribution in [0.2, 0.25) is 0 Å². The van der Waals surface area contributed by atoms with E-state index in [9.17, 15) is 18.0 Å². The lowest BCUT2D eigenvalue weighted by Gasteiger charge is -2.16. The highest BCUT2D eigenvalue weighted by molar-refractivity contribution is 5.77. The Bertz CT molecular complexity index is 968. The molecule has 0 saturated carbocycles. The Morgan fingerprint density at radius 2 is 1.78 bits per heavy atom. The summed E-state index contributed by atoms with van der Waals surface area (Å²) in [6.07, 6.45) is -4.36. The average Bonchev–Trinajstić information content (AvgIpc) is 2.60. The molecule has 0 radical (unpaired) electrons. The lowest BCUT2D eigenvalue weighted by atomic mass is 10.2. The van der Waals surface area contributed by atoms with Crippen LogP contribution in [0.3, 0.4) is 0 Å². The van der Waals surface area contributed by atoms with E-state index in [4.69, 9.17) is 4.74 Å². The molecule has 0 aliphatic carbocycles. The molecular formula is C19H18F3N3O2. The SMILES string of the molecule is CN(Cc1ccc(OCC(F)(F)F)cc1)Cc1nc2ccccc2c(=O)[nH]1. The van der Waals surface area contributed by atoms with Gasteiger partial charge in [0.1, 0.15) is 11.6 Å². The van der Waals surface area contributed by atoms with Crippen LogP contribution in [0.4, 0.5) is 13.2 Å². The molecule has 142 valence electrons. The van der Waals surface area contributed by atoms with Crippen LogP contribution in [-0.2, 0) is 13.1 Å². The minimum atomic E-state index is -4.36. The molecule has 0 unspecified atom stereocenters. The maximum atomic E-state index is 12.2. The smallest absolute Gasteiger partial charge is 0.422 e. The van der Waals surface area contributed by atoms with Gasteiger partial charge in [0.15, 0.2) is 6.61 Å². The van der Waals surface area contributed by atoms with Gasteiger partial charge in [-0.2, -0.15) is 13.2 Å². The summed E-state index contributed by atoms with van der Waals surface area (Å²) >= 11 is 0. The van der Waals surface area contributed by atoms with Gasteiger partial charge in [-0.1, -0.05) is 24.3 Å². The highest BCUT2D eigenvalue weighted by Gasteiger charge is 2.28. The lowest BCUT2D eigenvalue weighted by molar-refractivity contribution is -0.153. The molecule has 1 heterocycles. The van der Waals surface area contributed by atoms with Gasteiger partial charge in [0.05, 0.1) is 17.4 Å². The number of para-hydroxylation sites is 1. The van der Waals surface area contributed by atoms with Gasteiger partial charge < -0.3 is 9.72 Å². The zero-order valence-corrected chi connectivity index (χ0v) is 14.6. The number of aromatic amines is 1. The Morgan fingerprint density at radius 3 is 2.48 bits per heavy atom. The van der Waals surface area contributed by atoms with E-state index >= 15 is 0 Å². The first kappa shape index (κ1) is 18.9. The number of nitrogens with one attached hydrogen (secondary N) is 1. The summed E-state index contributed by atoms with van der Waals surface area (Å²) in [5.74, 6) is 0.714. The van der Waals surface area contributed by atoms with Crippen molar-refractivity contribution in [1.82, 2.24) is 14.9 Å². The number of hydrogen-bond acceptors (Lipinski definition) is 4. The number of rotatable bonds is 6. The third-order valence-electron chi connectivity index (χ3n) is 3.86. The normalized spacial score (nSPS) is 11.9. The third-order valence-corrected chi connectivity index (χ3v) is 3.86. The van der Waals surface area contributed by atoms with Gasteiger partial charge in [0, 0.05) is 6.54 Å². The number of aromatic nitrogens is 2. The monoisotopic (exact) mass is 377 g/mol. The highest BCUT2D eigenvalue weighted by Crippen LogP contribution is 2.19. The Balaban J connectivity index is 1.62. The van der Waals surface area contributed by atoms with Gasteiger partial charge in [-0.05, 0) is 36.9 Å². The first-order valence-corrected chi connectivity index (χ1v) is 8.25. The molecule has 3 rings (SSSR count). The molecule has 0 saturated heterocycles. The van der Waals surface area contributed by atoms with Gasteiger partial charge in [0.2, 0.25) is 0 Å². The molecule has 0 aliphatic heterocycles. The van der Waals surface area contributed by atoms with E-state index < -0.39 is 12.8 Å². The average molecular weight is 377 g/mol. The van der Waals surface area contributed by atoms with Crippen molar-refractivity contribution in [3.05, 3.63) is 70.3 Å². The van der Waals surface area contributed by atoms with Gasteiger partial charge in [-0.3, -0.25) is 9.69 Å². The molecule has 0 atom stereocenters. The molecule has 1 N–H and O–H groups in total. The van der Waals surface area contributed by atoms with Crippen molar-refractivity contribution in [2.75, 3.05) is 13.7 Å². The molecule has 0 amide bonds. The maximum absolute atomic E-state index is 12.2. The first-order valence-electron chi connectivity index (χ1n) is 8.25. The van der Waals surface area contributed by atoms with Gasteiger partial charge in [0.25, 0.3) is 5.56 Å². The molecule has 0 fully saturated rings. The second kappa shape index (κ2) is 7.79. The number of hydrogen-bond donors (Lipinski definition) is 1. The predicted octanol–water partition coefficient (Wildman–Crippen LogP) is 3.50. The van der Waals surface area contributed by atoms with Crippen molar-refractivity contribution in [3.63, 3.8) is 0 Å². The first-order chi connectivity index (χ1) is 12.8. The number of nitrogens with zero attached hydrogens (tertiary/aromatic N) is 2. The molecule has 5 nitrogen and oxygen atoms in total. The van der Waals surface area contributed by atoms with Crippen molar-refractivity contribution in [3.8, 4) is 5.75 Å². The fourth-order valence-electron chi connectivity index (χ4n) is 2.69. The number of fused-ring (bicyclic) bond motifs is 1. The largest absolute Gasteiger partial charge is 0.484 e. The molecule has 0 aliphatic rings. The lowest BCUT2D eigenvalue weighted by Crippen LogP contribution is -2.22. The summed E-state index contributed by atoms with van der Waals surface area (Å²) in [4.78, 5) is 21.3. The number of benzene rings is 2. The van der Waals surface area contributed by atoms with Crippen LogP contribution in [0.5, 0.6) is 5.75 Å². The predicted molar refractivity (Wildman–Crippen MR) is 95.5 cm³/mol. The van der Waals surface area contributed by atoms with Crippen molar-refractivity contribution >= 4 is 10.9 Å². The minimum Gasteiger partial charge on any atom is -0.484 e. The van der Waals surface area contributed by atoms with Crippen LogP contribution in [0.25, 0.3) is 10.9 Å². The summed E-state index contributed by atoms with van der Waals surface area (Å²) < 4.78 is 41.2. The van der Waals surface area contributed by atoms with E-state index in [0.717, 1.165) is 5.56 Å². The van der Waals surface area contributed by atoms with Crippen LogP contribution in [0.1, 0.15) is 11.4 Å². The molecule has 27 heavy (non-hydrogen) atoms. The van der Waals surface area contributed by atoms with E-state index in [1.807, 2.05) is 18.0 Å². The Hall–Kier alpha value is -2.87. The van der Waals surface area contributed by atoms with Crippen LogP contribution in [0.15, 0.2) is 53.3 Å². The zero-order valence-electron chi connectivity index (χ0n) is 14.6. The van der Waals surface area contributed by atoms with Crippen molar-refractivity contribution in [1.29, 1.82) is 0 Å². The number of ether oxygens (including phenoxy) is 1. The van der Waals surface area contributed by atoms with Crippen LogP contribution in [-0.4, -0.2) is 34.7 Å². The standard InChI is InChI=1S/C19H18F3N3O2/c1-25(10-13-6-8-14(9-7-13)27-12-19(20,21)22)11-17-23-16-5-3-2-4-15(16)18(26)24-17/h2-9H,10-12H2,1H3,(H,23,24,26). The Kier molecular flexibility index (Phi) is 5.46. The molecule has 2 aromatic carbocycles. The molecule has 0 bridgehead atoms. The number of H-pyrrole nitrogens is 1. The second-order valence-corrected chi connectivity index (χ2v) is 6.25. The van der Waals surface area contributed by atoms with Crippen LogP contribution >= 0.6 is 0 Å². The molecule has 8 heteroatoms. The summed E-state index contributed by atoms with van der Waals surface area (Å²) in [6, 6.07) is 13.5. The van der Waals surface area contributed by atoms with E-state index in [2.05, 4.69) is 9.97 Å². The van der Waals surface area contributed by atoms with Crippen molar-refractivity contribution in [2.24, 2.45) is 0 Å². The fraction of sp³-hybridized carbons (Fsp3) is 0.263. The summed E-state index contributed by atoms with van der Waals surface area (Å²) in [5, 5.41) is 0.540. The second-order valence-electron chi connectivity index (χ2n) is 6.25. The van der Waals surface area contributed by atoms with Gasteiger partial charge >= 0.3 is 6.18 Å². The summed E-state index contributed by atoms with van der Waals surface area (Å²) in [7, 11) is 1.86.